The van der Waals surface area contributed by atoms with Gasteiger partial charge in [-0.05, 0) is 25.2 Å². The topological polar surface area (TPSA) is 15.3 Å². The Bertz CT molecular complexity index is 213. The molecule has 0 radical (unpaired) electrons. The van der Waals surface area contributed by atoms with E-state index in [1.807, 2.05) is 0 Å². The third-order valence-corrected chi connectivity index (χ3v) is 4.82. The Morgan fingerprint density at radius 1 is 1.11 bits per heavy atom. The predicted octanol–water partition coefficient (Wildman–Crippen LogP) is 3.66. The first-order valence-corrected chi connectivity index (χ1v) is 8.16. The van der Waals surface area contributed by atoms with Crippen molar-refractivity contribution in [3.63, 3.8) is 0 Å². The lowest BCUT2D eigenvalue weighted by Gasteiger charge is -2.47. The zero-order valence-electron chi connectivity index (χ0n) is 13.2. The molecule has 1 heterocycles. The van der Waals surface area contributed by atoms with Gasteiger partial charge in [-0.15, -0.1) is 0 Å². The predicted molar refractivity (Wildman–Crippen MR) is 81.0 cm³/mol. The van der Waals surface area contributed by atoms with Gasteiger partial charge in [0.2, 0.25) is 0 Å². The van der Waals surface area contributed by atoms with Gasteiger partial charge in [-0.25, -0.2) is 0 Å². The van der Waals surface area contributed by atoms with Crippen LogP contribution in [0.5, 0.6) is 0 Å². The lowest BCUT2D eigenvalue weighted by molar-refractivity contribution is 0.0446. The van der Waals surface area contributed by atoms with Crippen LogP contribution in [0.25, 0.3) is 0 Å². The van der Waals surface area contributed by atoms with Crippen molar-refractivity contribution in [2.75, 3.05) is 13.1 Å². The summed E-state index contributed by atoms with van der Waals surface area (Å²) in [5.74, 6) is 0.806. The highest BCUT2D eigenvalue weighted by Crippen LogP contribution is 2.24. The quantitative estimate of drug-likeness (QED) is 0.746. The average Bonchev–Trinajstić information content (AvgIpc) is 2.40. The highest BCUT2D eigenvalue weighted by Gasteiger charge is 2.33. The maximum absolute atomic E-state index is 3.78. The van der Waals surface area contributed by atoms with E-state index < -0.39 is 0 Å². The van der Waals surface area contributed by atoms with Crippen LogP contribution in [0, 0.1) is 5.92 Å². The molecule has 0 amide bonds. The molecule has 0 aliphatic carbocycles. The van der Waals surface area contributed by atoms with Gasteiger partial charge in [0, 0.05) is 31.2 Å². The Morgan fingerprint density at radius 3 is 2.28 bits per heavy atom. The van der Waals surface area contributed by atoms with E-state index in [1.165, 1.54) is 45.2 Å². The Balaban J connectivity index is 2.72. The summed E-state index contributed by atoms with van der Waals surface area (Å²) < 4.78 is 0. The minimum absolute atomic E-state index is 0.718. The number of hydrogen-bond acceptors (Lipinski definition) is 2. The zero-order valence-corrected chi connectivity index (χ0v) is 13.2. The molecule has 2 nitrogen and oxygen atoms in total. The van der Waals surface area contributed by atoms with Crippen molar-refractivity contribution in [2.45, 2.75) is 84.8 Å². The molecule has 0 aromatic rings. The van der Waals surface area contributed by atoms with Crippen LogP contribution in [-0.4, -0.2) is 36.1 Å². The van der Waals surface area contributed by atoms with Gasteiger partial charge in [0.25, 0.3) is 0 Å². The molecule has 1 aliphatic rings. The minimum Gasteiger partial charge on any atom is -0.311 e. The third kappa shape index (κ3) is 3.96. The summed E-state index contributed by atoms with van der Waals surface area (Å²) >= 11 is 0. The molecule has 18 heavy (non-hydrogen) atoms. The normalized spacial score (nSPS) is 27.7. The SMILES string of the molecule is CCCC1CN(C(CC)CC)C(C(C)CC)CN1. The molecule has 0 aromatic carbocycles. The van der Waals surface area contributed by atoms with Gasteiger partial charge < -0.3 is 5.32 Å². The molecule has 108 valence electrons. The van der Waals surface area contributed by atoms with Crippen molar-refractivity contribution >= 4 is 0 Å². The highest BCUT2D eigenvalue weighted by molar-refractivity contribution is 4.91. The summed E-state index contributed by atoms with van der Waals surface area (Å²) in [7, 11) is 0. The molecule has 1 rings (SSSR count). The van der Waals surface area contributed by atoms with Crippen LogP contribution in [0.15, 0.2) is 0 Å². The van der Waals surface area contributed by atoms with Crippen molar-refractivity contribution < 1.29 is 0 Å². The van der Waals surface area contributed by atoms with Crippen LogP contribution in [0.3, 0.4) is 0 Å². The molecule has 0 bridgehead atoms. The van der Waals surface area contributed by atoms with Crippen LogP contribution in [-0.2, 0) is 0 Å². The van der Waals surface area contributed by atoms with E-state index in [9.17, 15) is 0 Å². The summed E-state index contributed by atoms with van der Waals surface area (Å²) in [4.78, 5) is 2.82. The van der Waals surface area contributed by atoms with Crippen LogP contribution in [0.1, 0.15) is 66.7 Å². The number of nitrogens with zero attached hydrogens (tertiary/aromatic N) is 1. The summed E-state index contributed by atoms with van der Waals surface area (Å²) in [6, 6.07) is 2.24. The molecule has 3 atom stereocenters. The monoisotopic (exact) mass is 254 g/mol. The second kappa shape index (κ2) is 8.16. The highest BCUT2D eigenvalue weighted by atomic mass is 15.3. The maximum atomic E-state index is 3.78. The van der Waals surface area contributed by atoms with Gasteiger partial charge in [-0.1, -0.05) is 47.5 Å². The third-order valence-electron chi connectivity index (χ3n) is 4.82. The molecule has 1 saturated heterocycles. The lowest BCUT2D eigenvalue weighted by atomic mass is 9.91. The molecule has 0 aromatic heterocycles. The average molecular weight is 254 g/mol. The van der Waals surface area contributed by atoms with Crippen molar-refractivity contribution in [1.29, 1.82) is 0 Å². The van der Waals surface area contributed by atoms with E-state index in [0.717, 1.165) is 24.0 Å². The molecular weight excluding hydrogens is 220 g/mol. The van der Waals surface area contributed by atoms with Gasteiger partial charge in [0.1, 0.15) is 0 Å². The molecule has 0 saturated carbocycles. The van der Waals surface area contributed by atoms with Gasteiger partial charge >= 0.3 is 0 Å². The van der Waals surface area contributed by atoms with Crippen molar-refractivity contribution in [3.8, 4) is 0 Å². The van der Waals surface area contributed by atoms with E-state index in [4.69, 9.17) is 0 Å². The smallest absolute Gasteiger partial charge is 0.0249 e. The van der Waals surface area contributed by atoms with E-state index in [-0.39, 0.29) is 0 Å². The molecule has 2 heteroatoms. The minimum atomic E-state index is 0.718. The Hall–Kier alpha value is -0.0800. The molecule has 1 aliphatic heterocycles. The molecular formula is C16H34N2. The standard InChI is InChI=1S/C16H34N2/c1-6-10-14-12-18(15(8-3)9-4)16(11-17-14)13(5)7-2/h13-17H,6-12H2,1-5H3. The van der Waals surface area contributed by atoms with Gasteiger partial charge in [-0.3, -0.25) is 4.90 Å². The van der Waals surface area contributed by atoms with Crippen molar-refractivity contribution in [1.82, 2.24) is 10.2 Å². The van der Waals surface area contributed by atoms with Crippen LogP contribution < -0.4 is 5.32 Å². The van der Waals surface area contributed by atoms with Gasteiger partial charge in [-0.2, -0.15) is 0 Å². The molecule has 0 spiro atoms. The summed E-state index contributed by atoms with van der Waals surface area (Å²) in [6.07, 6.45) is 6.50. The first kappa shape index (κ1) is 16.0. The Labute approximate surface area is 115 Å². The van der Waals surface area contributed by atoms with E-state index >= 15 is 0 Å². The molecule has 1 fully saturated rings. The molecule has 1 N–H and O–H groups in total. The molecule has 3 unspecified atom stereocenters. The fourth-order valence-corrected chi connectivity index (χ4v) is 3.38. The Morgan fingerprint density at radius 2 is 1.78 bits per heavy atom. The largest absolute Gasteiger partial charge is 0.311 e. The van der Waals surface area contributed by atoms with E-state index in [0.29, 0.717) is 0 Å². The first-order valence-electron chi connectivity index (χ1n) is 8.16. The van der Waals surface area contributed by atoms with Gasteiger partial charge in [0.05, 0.1) is 0 Å². The summed E-state index contributed by atoms with van der Waals surface area (Å²) in [5.41, 5.74) is 0. The van der Waals surface area contributed by atoms with Crippen molar-refractivity contribution in [3.05, 3.63) is 0 Å². The lowest BCUT2D eigenvalue weighted by Crippen LogP contribution is -2.61. The van der Waals surface area contributed by atoms with Crippen LogP contribution in [0.4, 0.5) is 0 Å². The van der Waals surface area contributed by atoms with E-state index in [1.54, 1.807) is 0 Å². The number of rotatable bonds is 7. The second-order valence-electron chi connectivity index (χ2n) is 6.01. The fourth-order valence-electron chi connectivity index (χ4n) is 3.38. The summed E-state index contributed by atoms with van der Waals surface area (Å²) in [6.45, 7) is 14.2. The number of nitrogens with one attached hydrogen (secondary N) is 1. The fraction of sp³-hybridized carbons (Fsp3) is 1.00. The van der Waals surface area contributed by atoms with Crippen LogP contribution >= 0.6 is 0 Å². The Kier molecular flexibility index (Phi) is 7.25. The zero-order chi connectivity index (χ0) is 13.5. The van der Waals surface area contributed by atoms with Gasteiger partial charge in [0.15, 0.2) is 0 Å². The second-order valence-corrected chi connectivity index (χ2v) is 6.01. The van der Waals surface area contributed by atoms with Crippen LogP contribution in [0.2, 0.25) is 0 Å². The maximum Gasteiger partial charge on any atom is 0.0249 e. The summed E-state index contributed by atoms with van der Waals surface area (Å²) in [5, 5.41) is 3.78. The van der Waals surface area contributed by atoms with Crippen molar-refractivity contribution in [2.24, 2.45) is 5.92 Å². The number of piperazine rings is 1. The number of hydrogen-bond donors (Lipinski definition) is 1. The van der Waals surface area contributed by atoms with E-state index in [2.05, 4.69) is 44.8 Å². The first-order chi connectivity index (χ1) is 8.67.